The molecule has 1 fully saturated rings. The summed E-state index contributed by atoms with van der Waals surface area (Å²) in [5.74, 6) is -0.926. The number of carbonyl (C=O) groups excluding carboxylic acids is 3. The maximum absolute atomic E-state index is 13.0. The molecule has 7 heteroatoms. The molecule has 1 aliphatic heterocycles. The molecule has 2 aromatic rings. The molecule has 6 nitrogen and oxygen atoms in total. The molecule has 0 radical (unpaired) electrons. The minimum atomic E-state index is -1.20. The van der Waals surface area contributed by atoms with E-state index in [1.807, 2.05) is 24.3 Å². The van der Waals surface area contributed by atoms with Gasteiger partial charge in [-0.2, -0.15) is 0 Å². The van der Waals surface area contributed by atoms with Crippen molar-refractivity contribution in [3.8, 4) is 0 Å². The Bertz CT molecular complexity index is 958. The topological polar surface area (TPSA) is 78.5 Å². The molecule has 0 bridgehead atoms. The Kier molecular flexibility index (Phi) is 5.94. The van der Waals surface area contributed by atoms with E-state index >= 15 is 0 Å². The average Bonchev–Trinajstić information content (AvgIpc) is 2.90. The van der Waals surface area contributed by atoms with Crippen LogP contribution >= 0.6 is 11.6 Å². The van der Waals surface area contributed by atoms with Gasteiger partial charge in [0.1, 0.15) is 12.1 Å². The number of anilines is 1. The predicted molar refractivity (Wildman–Crippen MR) is 113 cm³/mol. The molecule has 1 saturated heterocycles. The van der Waals surface area contributed by atoms with Gasteiger partial charge in [-0.05, 0) is 49.1 Å². The van der Waals surface area contributed by atoms with E-state index in [9.17, 15) is 14.4 Å². The van der Waals surface area contributed by atoms with Crippen LogP contribution in [0.2, 0.25) is 5.02 Å². The van der Waals surface area contributed by atoms with Gasteiger partial charge in [-0.15, -0.1) is 0 Å². The molecular formula is C22H24ClN3O3. The summed E-state index contributed by atoms with van der Waals surface area (Å²) in [6.07, 6.45) is 1.98. The summed E-state index contributed by atoms with van der Waals surface area (Å²) in [5, 5.41) is 5.96. The molecule has 0 spiro atoms. The Morgan fingerprint density at radius 1 is 1.17 bits per heavy atom. The SMILES string of the molecule is CCCc1ccc([C@]2(C)NC(=O)N(CC(=O)Nc3cccc(Cl)c3C)C2=O)cc1. The fourth-order valence-corrected chi connectivity index (χ4v) is 3.58. The van der Waals surface area contributed by atoms with Gasteiger partial charge in [-0.3, -0.25) is 14.5 Å². The lowest BCUT2D eigenvalue weighted by molar-refractivity contribution is -0.133. The third-order valence-corrected chi connectivity index (χ3v) is 5.60. The average molecular weight is 414 g/mol. The Hall–Kier alpha value is -2.86. The van der Waals surface area contributed by atoms with Crippen molar-refractivity contribution in [1.29, 1.82) is 0 Å². The highest BCUT2D eigenvalue weighted by Crippen LogP contribution is 2.29. The molecule has 1 aliphatic rings. The lowest BCUT2D eigenvalue weighted by Crippen LogP contribution is -2.42. The lowest BCUT2D eigenvalue weighted by atomic mass is 9.91. The number of hydrogen-bond donors (Lipinski definition) is 2. The number of imide groups is 1. The zero-order valence-electron chi connectivity index (χ0n) is 16.7. The summed E-state index contributed by atoms with van der Waals surface area (Å²) in [4.78, 5) is 38.8. The van der Waals surface area contributed by atoms with Crippen LogP contribution in [0.5, 0.6) is 0 Å². The van der Waals surface area contributed by atoms with E-state index in [-0.39, 0.29) is 6.54 Å². The molecule has 3 rings (SSSR count). The molecule has 152 valence electrons. The number of urea groups is 1. The number of amides is 4. The molecule has 0 aliphatic carbocycles. The number of benzene rings is 2. The zero-order valence-corrected chi connectivity index (χ0v) is 17.5. The van der Waals surface area contributed by atoms with Gasteiger partial charge in [0.05, 0.1) is 0 Å². The number of aryl methyl sites for hydroxylation is 1. The van der Waals surface area contributed by atoms with Crippen LogP contribution < -0.4 is 10.6 Å². The van der Waals surface area contributed by atoms with Crippen molar-refractivity contribution in [1.82, 2.24) is 10.2 Å². The van der Waals surface area contributed by atoms with Gasteiger partial charge in [0.2, 0.25) is 5.91 Å². The summed E-state index contributed by atoms with van der Waals surface area (Å²) < 4.78 is 0. The summed E-state index contributed by atoms with van der Waals surface area (Å²) in [5.41, 5.74) is 1.92. The Morgan fingerprint density at radius 3 is 2.52 bits per heavy atom. The molecular weight excluding hydrogens is 390 g/mol. The molecule has 1 atom stereocenters. The monoisotopic (exact) mass is 413 g/mol. The number of halogens is 1. The van der Waals surface area contributed by atoms with Gasteiger partial charge >= 0.3 is 6.03 Å². The van der Waals surface area contributed by atoms with Crippen LogP contribution in [0.15, 0.2) is 42.5 Å². The highest BCUT2D eigenvalue weighted by molar-refractivity contribution is 6.31. The smallest absolute Gasteiger partial charge is 0.324 e. The van der Waals surface area contributed by atoms with Gasteiger partial charge < -0.3 is 10.6 Å². The van der Waals surface area contributed by atoms with E-state index in [1.54, 1.807) is 32.0 Å². The standard InChI is InChI=1S/C22H24ClN3O3/c1-4-6-15-9-11-16(12-10-15)22(3)20(28)26(21(29)25-22)13-19(27)24-18-8-5-7-17(23)14(18)2/h5,7-12H,4,6,13H2,1-3H3,(H,24,27)(H,25,29)/t22-/m0/s1. The first kappa shape index (κ1) is 20.9. The van der Waals surface area contributed by atoms with Gasteiger partial charge in [0.25, 0.3) is 5.91 Å². The maximum Gasteiger partial charge on any atom is 0.325 e. The van der Waals surface area contributed by atoms with E-state index in [1.165, 1.54) is 5.56 Å². The number of nitrogens with one attached hydrogen (secondary N) is 2. The lowest BCUT2D eigenvalue weighted by Gasteiger charge is -2.22. The summed E-state index contributed by atoms with van der Waals surface area (Å²) >= 11 is 6.07. The van der Waals surface area contributed by atoms with Crippen molar-refractivity contribution in [3.63, 3.8) is 0 Å². The van der Waals surface area contributed by atoms with Crippen molar-refractivity contribution in [2.45, 2.75) is 39.2 Å². The third-order valence-electron chi connectivity index (χ3n) is 5.19. The maximum atomic E-state index is 13.0. The fourth-order valence-electron chi connectivity index (χ4n) is 3.41. The molecule has 29 heavy (non-hydrogen) atoms. The number of hydrogen-bond acceptors (Lipinski definition) is 3. The summed E-state index contributed by atoms with van der Waals surface area (Å²) in [7, 11) is 0. The van der Waals surface area contributed by atoms with E-state index in [4.69, 9.17) is 11.6 Å². The van der Waals surface area contributed by atoms with Crippen LogP contribution in [0.3, 0.4) is 0 Å². The van der Waals surface area contributed by atoms with Gasteiger partial charge in [-0.25, -0.2) is 4.79 Å². The first-order valence-electron chi connectivity index (χ1n) is 9.54. The first-order chi connectivity index (χ1) is 13.8. The van der Waals surface area contributed by atoms with Crippen molar-refractivity contribution in [2.24, 2.45) is 0 Å². The Morgan fingerprint density at radius 2 is 1.86 bits per heavy atom. The predicted octanol–water partition coefficient (Wildman–Crippen LogP) is 4.01. The molecule has 2 N–H and O–H groups in total. The second-order valence-electron chi connectivity index (χ2n) is 7.35. The molecule has 4 amide bonds. The normalized spacial score (nSPS) is 18.7. The van der Waals surface area contributed by atoms with E-state index in [0.717, 1.165) is 23.3 Å². The molecule has 0 unspecified atom stereocenters. The molecule has 2 aromatic carbocycles. The quantitative estimate of drug-likeness (QED) is 0.702. The van der Waals surface area contributed by atoms with Crippen LogP contribution in [-0.4, -0.2) is 29.3 Å². The van der Waals surface area contributed by atoms with Crippen LogP contribution in [0.1, 0.15) is 37.0 Å². The van der Waals surface area contributed by atoms with E-state index in [0.29, 0.717) is 16.3 Å². The Labute approximate surface area is 175 Å². The highest BCUT2D eigenvalue weighted by Gasteiger charge is 2.49. The minimum Gasteiger partial charge on any atom is -0.324 e. The molecule has 1 heterocycles. The van der Waals surface area contributed by atoms with Crippen molar-refractivity contribution in [3.05, 3.63) is 64.2 Å². The van der Waals surface area contributed by atoms with Crippen LogP contribution in [0.25, 0.3) is 0 Å². The van der Waals surface area contributed by atoms with Crippen molar-refractivity contribution in [2.75, 3.05) is 11.9 Å². The van der Waals surface area contributed by atoms with Gasteiger partial charge in [0, 0.05) is 10.7 Å². The fraction of sp³-hybridized carbons (Fsp3) is 0.318. The number of nitrogens with zero attached hydrogens (tertiary/aromatic N) is 1. The molecule has 0 saturated carbocycles. The second-order valence-corrected chi connectivity index (χ2v) is 7.76. The van der Waals surface area contributed by atoms with Crippen molar-refractivity contribution >= 4 is 35.1 Å². The first-order valence-corrected chi connectivity index (χ1v) is 9.92. The van der Waals surface area contributed by atoms with Crippen molar-refractivity contribution < 1.29 is 14.4 Å². The van der Waals surface area contributed by atoms with Crippen LogP contribution in [0, 0.1) is 6.92 Å². The Balaban J connectivity index is 1.74. The number of carbonyl (C=O) groups is 3. The largest absolute Gasteiger partial charge is 0.325 e. The number of rotatable bonds is 6. The molecule has 0 aromatic heterocycles. The summed E-state index contributed by atoms with van der Waals surface area (Å²) in [6, 6.07) is 12.2. The zero-order chi connectivity index (χ0) is 21.2. The van der Waals surface area contributed by atoms with E-state index in [2.05, 4.69) is 17.6 Å². The second kappa shape index (κ2) is 8.25. The van der Waals surface area contributed by atoms with E-state index < -0.39 is 23.4 Å². The highest BCUT2D eigenvalue weighted by atomic mass is 35.5. The minimum absolute atomic E-state index is 0.375. The van der Waals surface area contributed by atoms with Crippen LogP contribution in [-0.2, 0) is 21.5 Å². The third kappa shape index (κ3) is 4.12. The van der Waals surface area contributed by atoms with Gasteiger partial charge in [-0.1, -0.05) is 55.3 Å². The van der Waals surface area contributed by atoms with Gasteiger partial charge in [0.15, 0.2) is 0 Å². The summed E-state index contributed by atoms with van der Waals surface area (Å²) in [6.45, 7) is 5.16. The van der Waals surface area contributed by atoms with Crippen LogP contribution in [0.4, 0.5) is 10.5 Å².